The number of thioether (sulfide) groups is 1. The van der Waals surface area contributed by atoms with E-state index in [9.17, 15) is 9.59 Å². The third-order valence-corrected chi connectivity index (χ3v) is 4.86. The summed E-state index contributed by atoms with van der Waals surface area (Å²) in [5.41, 5.74) is 1.84. The SMILES string of the molecule is CC(C)N1C(=O)S/C(=C/c2cccn2-c2cccc(Br)c2)C1=O. The Balaban J connectivity index is 1.98. The fourth-order valence-electron chi connectivity index (χ4n) is 2.43. The molecule has 0 spiro atoms. The molecule has 1 aliphatic rings. The second-order valence-corrected chi connectivity index (χ2v) is 7.34. The van der Waals surface area contributed by atoms with Crippen molar-refractivity contribution in [1.82, 2.24) is 9.47 Å². The largest absolute Gasteiger partial charge is 0.317 e. The van der Waals surface area contributed by atoms with Crippen LogP contribution in [-0.4, -0.2) is 26.7 Å². The van der Waals surface area contributed by atoms with Crippen LogP contribution in [0.5, 0.6) is 0 Å². The fourth-order valence-corrected chi connectivity index (χ4v) is 3.76. The highest BCUT2D eigenvalue weighted by atomic mass is 79.9. The molecule has 1 aromatic carbocycles. The van der Waals surface area contributed by atoms with Crippen molar-refractivity contribution in [2.45, 2.75) is 19.9 Å². The molecule has 0 radical (unpaired) electrons. The van der Waals surface area contributed by atoms with Gasteiger partial charge in [0.25, 0.3) is 11.1 Å². The van der Waals surface area contributed by atoms with Crippen LogP contribution in [0.1, 0.15) is 19.5 Å². The van der Waals surface area contributed by atoms with Gasteiger partial charge in [-0.1, -0.05) is 22.0 Å². The molecule has 0 saturated carbocycles. The number of aromatic nitrogens is 1. The minimum atomic E-state index is -0.225. The van der Waals surface area contributed by atoms with E-state index in [2.05, 4.69) is 15.9 Å². The molecule has 118 valence electrons. The molecule has 0 atom stereocenters. The quantitative estimate of drug-likeness (QED) is 0.714. The van der Waals surface area contributed by atoms with E-state index in [4.69, 9.17) is 0 Å². The van der Waals surface area contributed by atoms with Crippen LogP contribution in [0.15, 0.2) is 52.0 Å². The average molecular weight is 391 g/mol. The zero-order valence-corrected chi connectivity index (χ0v) is 15.1. The summed E-state index contributed by atoms with van der Waals surface area (Å²) in [7, 11) is 0. The number of benzene rings is 1. The standard InChI is InChI=1S/C17H15BrN2O2S/c1-11(2)20-16(21)15(23-17(20)22)10-14-7-4-8-19(14)13-6-3-5-12(18)9-13/h3-11H,1-2H3/b15-10+. The summed E-state index contributed by atoms with van der Waals surface area (Å²) in [6, 6.07) is 11.6. The number of halogens is 1. The maximum Gasteiger partial charge on any atom is 0.293 e. The monoisotopic (exact) mass is 390 g/mol. The lowest BCUT2D eigenvalue weighted by atomic mass is 10.3. The number of carbonyl (C=O) groups excluding carboxylic acids is 2. The van der Waals surface area contributed by atoms with E-state index in [1.165, 1.54) is 4.90 Å². The molecule has 0 aliphatic carbocycles. The van der Waals surface area contributed by atoms with E-state index in [0.717, 1.165) is 27.6 Å². The molecule has 1 fully saturated rings. The predicted octanol–water partition coefficient (Wildman–Crippen LogP) is 4.68. The Morgan fingerprint density at radius 2 is 1.96 bits per heavy atom. The molecule has 2 heterocycles. The van der Waals surface area contributed by atoms with Crippen molar-refractivity contribution in [3.63, 3.8) is 0 Å². The average Bonchev–Trinajstić information content (AvgIpc) is 3.04. The Bertz CT molecular complexity index is 810. The Labute approximate surface area is 147 Å². The van der Waals surface area contributed by atoms with Crippen molar-refractivity contribution in [3.05, 3.63) is 57.7 Å². The number of carbonyl (C=O) groups is 2. The van der Waals surface area contributed by atoms with Gasteiger partial charge in [-0.15, -0.1) is 0 Å². The van der Waals surface area contributed by atoms with Crippen molar-refractivity contribution in [1.29, 1.82) is 0 Å². The molecular formula is C17H15BrN2O2S. The van der Waals surface area contributed by atoms with Crippen molar-refractivity contribution in [3.8, 4) is 5.69 Å². The van der Waals surface area contributed by atoms with Gasteiger partial charge in [-0.3, -0.25) is 14.5 Å². The Morgan fingerprint density at radius 3 is 2.61 bits per heavy atom. The first kappa shape index (κ1) is 16.1. The maximum absolute atomic E-state index is 12.4. The lowest BCUT2D eigenvalue weighted by Crippen LogP contribution is -2.34. The number of hydrogen-bond acceptors (Lipinski definition) is 3. The van der Waals surface area contributed by atoms with Gasteiger partial charge in [0, 0.05) is 28.1 Å². The summed E-state index contributed by atoms with van der Waals surface area (Å²) in [6.45, 7) is 3.67. The van der Waals surface area contributed by atoms with Crippen LogP contribution in [0.4, 0.5) is 4.79 Å². The molecule has 6 heteroatoms. The van der Waals surface area contributed by atoms with Crippen LogP contribution >= 0.6 is 27.7 Å². The molecule has 2 aromatic rings. The summed E-state index contributed by atoms with van der Waals surface area (Å²) in [4.78, 5) is 26.1. The third-order valence-electron chi connectivity index (χ3n) is 3.49. The lowest BCUT2D eigenvalue weighted by molar-refractivity contribution is -0.123. The first-order valence-corrected chi connectivity index (χ1v) is 8.78. The highest BCUT2D eigenvalue weighted by molar-refractivity contribution is 9.10. The van der Waals surface area contributed by atoms with Crippen molar-refractivity contribution in [2.24, 2.45) is 0 Å². The molecule has 2 amide bonds. The van der Waals surface area contributed by atoms with Crippen molar-refractivity contribution >= 4 is 44.9 Å². The van der Waals surface area contributed by atoms with Gasteiger partial charge in [-0.25, -0.2) is 0 Å². The summed E-state index contributed by atoms with van der Waals surface area (Å²) in [5, 5.41) is -0.211. The second-order valence-electron chi connectivity index (χ2n) is 5.43. The van der Waals surface area contributed by atoms with Gasteiger partial charge >= 0.3 is 0 Å². The fraction of sp³-hybridized carbons (Fsp3) is 0.176. The van der Waals surface area contributed by atoms with E-state index < -0.39 is 0 Å². The molecule has 0 bridgehead atoms. The van der Waals surface area contributed by atoms with Gasteiger partial charge < -0.3 is 4.57 Å². The molecule has 0 N–H and O–H groups in total. The summed E-state index contributed by atoms with van der Waals surface area (Å²) < 4.78 is 2.96. The first-order valence-electron chi connectivity index (χ1n) is 7.18. The number of imide groups is 1. The molecule has 4 nitrogen and oxygen atoms in total. The van der Waals surface area contributed by atoms with Crippen LogP contribution in [0, 0.1) is 0 Å². The Hall–Kier alpha value is -1.79. The third kappa shape index (κ3) is 3.14. The van der Waals surface area contributed by atoms with Gasteiger partial charge in [0.2, 0.25) is 0 Å². The summed E-state index contributed by atoms with van der Waals surface area (Å²) in [6.07, 6.45) is 3.70. The van der Waals surface area contributed by atoms with E-state index in [0.29, 0.717) is 4.91 Å². The number of hydrogen-bond donors (Lipinski definition) is 0. The molecular weight excluding hydrogens is 376 g/mol. The number of amides is 2. The summed E-state index contributed by atoms with van der Waals surface area (Å²) in [5.74, 6) is -0.225. The van der Waals surface area contributed by atoms with Crippen molar-refractivity contribution in [2.75, 3.05) is 0 Å². The molecule has 0 unspecified atom stereocenters. The van der Waals surface area contributed by atoms with Crippen LogP contribution in [-0.2, 0) is 4.79 Å². The maximum atomic E-state index is 12.4. The molecule has 23 heavy (non-hydrogen) atoms. The van der Waals surface area contributed by atoms with E-state index >= 15 is 0 Å². The minimum absolute atomic E-state index is 0.134. The Morgan fingerprint density at radius 1 is 1.17 bits per heavy atom. The number of nitrogens with zero attached hydrogens (tertiary/aromatic N) is 2. The van der Waals surface area contributed by atoms with Crippen LogP contribution < -0.4 is 0 Å². The second kappa shape index (κ2) is 6.37. The molecule has 1 aliphatic heterocycles. The van der Waals surface area contributed by atoms with Crippen LogP contribution in [0.25, 0.3) is 11.8 Å². The zero-order valence-electron chi connectivity index (χ0n) is 12.7. The topological polar surface area (TPSA) is 42.3 Å². The minimum Gasteiger partial charge on any atom is -0.317 e. The highest BCUT2D eigenvalue weighted by Gasteiger charge is 2.36. The van der Waals surface area contributed by atoms with Gasteiger partial charge in [0.15, 0.2) is 0 Å². The zero-order chi connectivity index (χ0) is 16.6. The highest BCUT2D eigenvalue weighted by Crippen LogP contribution is 2.33. The van der Waals surface area contributed by atoms with E-state index in [1.807, 2.05) is 61.0 Å². The van der Waals surface area contributed by atoms with Gasteiger partial charge in [-0.05, 0) is 62.0 Å². The van der Waals surface area contributed by atoms with E-state index in [-0.39, 0.29) is 17.2 Å². The predicted molar refractivity (Wildman–Crippen MR) is 96.4 cm³/mol. The van der Waals surface area contributed by atoms with Gasteiger partial charge in [0.1, 0.15) is 0 Å². The molecule has 1 aromatic heterocycles. The van der Waals surface area contributed by atoms with Gasteiger partial charge in [0.05, 0.1) is 4.91 Å². The van der Waals surface area contributed by atoms with E-state index in [1.54, 1.807) is 6.08 Å². The Kier molecular flexibility index (Phi) is 4.46. The lowest BCUT2D eigenvalue weighted by Gasteiger charge is -2.16. The van der Waals surface area contributed by atoms with Crippen LogP contribution in [0.3, 0.4) is 0 Å². The smallest absolute Gasteiger partial charge is 0.293 e. The molecule has 1 saturated heterocycles. The van der Waals surface area contributed by atoms with Gasteiger partial charge in [-0.2, -0.15) is 0 Å². The summed E-state index contributed by atoms with van der Waals surface area (Å²) >= 11 is 4.45. The molecule has 3 rings (SSSR count). The van der Waals surface area contributed by atoms with Crippen LogP contribution in [0.2, 0.25) is 0 Å². The normalized spacial score (nSPS) is 16.9. The van der Waals surface area contributed by atoms with Crippen molar-refractivity contribution < 1.29 is 9.59 Å². The first-order chi connectivity index (χ1) is 11.0. The number of rotatable bonds is 3.